The number of nitro benzene ring substituents is 1. The molecule has 5 heteroatoms. The number of hydrogen-bond acceptors (Lipinski definition) is 4. The lowest BCUT2D eigenvalue weighted by molar-refractivity contribution is -0.384. The Morgan fingerprint density at radius 2 is 1.83 bits per heavy atom. The number of hydrogen-bond donors (Lipinski definition) is 0. The summed E-state index contributed by atoms with van der Waals surface area (Å²) in [7, 11) is 4.21. The van der Waals surface area contributed by atoms with Crippen molar-refractivity contribution in [2.75, 3.05) is 32.1 Å². The van der Waals surface area contributed by atoms with Crippen molar-refractivity contribution >= 4 is 11.4 Å². The normalized spacial score (nSPS) is 17.7. The molecular formula is C13H19N3O2. The zero-order valence-electron chi connectivity index (χ0n) is 10.9. The van der Waals surface area contributed by atoms with Crippen molar-refractivity contribution in [1.29, 1.82) is 0 Å². The van der Waals surface area contributed by atoms with Gasteiger partial charge >= 0.3 is 0 Å². The third kappa shape index (κ3) is 2.79. The van der Waals surface area contributed by atoms with Crippen molar-refractivity contribution < 1.29 is 4.92 Å². The number of benzene rings is 1. The van der Waals surface area contributed by atoms with Crippen LogP contribution >= 0.6 is 0 Å². The molecule has 0 radical (unpaired) electrons. The van der Waals surface area contributed by atoms with Crippen LogP contribution < -0.4 is 4.90 Å². The van der Waals surface area contributed by atoms with E-state index in [1.807, 2.05) is 12.1 Å². The predicted molar refractivity (Wildman–Crippen MR) is 72.0 cm³/mol. The summed E-state index contributed by atoms with van der Waals surface area (Å²) in [5.74, 6) is 0. The monoisotopic (exact) mass is 249 g/mol. The number of anilines is 1. The molecule has 1 aromatic rings. The van der Waals surface area contributed by atoms with Crippen LogP contribution in [0.3, 0.4) is 0 Å². The van der Waals surface area contributed by atoms with Crippen molar-refractivity contribution in [1.82, 2.24) is 4.90 Å². The minimum absolute atomic E-state index is 0.149. The Morgan fingerprint density at radius 1 is 1.28 bits per heavy atom. The molecule has 0 N–H and O–H groups in total. The van der Waals surface area contributed by atoms with Gasteiger partial charge in [0.15, 0.2) is 0 Å². The Bertz CT molecular complexity index is 411. The Morgan fingerprint density at radius 3 is 2.33 bits per heavy atom. The fourth-order valence-electron chi connectivity index (χ4n) is 2.40. The van der Waals surface area contributed by atoms with Gasteiger partial charge in [-0.15, -0.1) is 0 Å². The molecule has 98 valence electrons. The van der Waals surface area contributed by atoms with E-state index in [4.69, 9.17) is 0 Å². The van der Waals surface area contributed by atoms with Gasteiger partial charge in [0.1, 0.15) is 0 Å². The molecule has 1 aromatic carbocycles. The second kappa shape index (κ2) is 5.35. The average molecular weight is 249 g/mol. The molecule has 0 atom stereocenters. The molecule has 0 spiro atoms. The molecule has 1 aliphatic rings. The zero-order valence-corrected chi connectivity index (χ0v) is 10.9. The maximum absolute atomic E-state index is 10.6. The molecule has 1 saturated heterocycles. The van der Waals surface area contributed by atoms with E-state index in [9.17, 15) is 10.1 Å². The summed E-state index contributed by atoms with van der Waals surface area (Å²) >= 11 is 0. The van der Waals surface area contributed by atoms with Crippen molar-refractivity contribution in [2.45, 2.75) is 18.9 Å². The Balaban J connectivity index is 2.04. The summed E-state index contributed by atoms with van der Waals surface area (Å²) in [4.78, 5) is 14.8. The molecule has 0 saturated carbocycles. The van der Waals surface area contributed by atoms with E-state index >= 15 is 0 Å². The molecule has 2 rings (SSSR count). The van der Waals surface area contributed by atoms with Crippen molar-refractivity contribution in [3.05, 3.63) is 34.4 Å². The van der Waals surface area contributed by atoms with Crippen molar-refractivity contribution in [3.63, 3.8) is 0 Å². The average Bonchev–Trinajstić information content (AvgIpc) is 2.39. The number of nitrogens with zero attached hydrogens (tertiary/aromatic N) is 3. The first-order chi connectivity index (χ1) is 8.58. The molecule has 18 heavy (non-hydrogen) atoms. The van der Waals surface area contributed by atoms with Crippen LogP contribution in [0.15, 0.2) is 24.3 Å². The first-order valence-corrected chi connectivity index (χ1v) is 6.24. The van der Waals surface area contributed by atoms with Crippen LogP contribution in [-0.2, 0) is 0 Å². The standard InChI is InChI=1S/C13H19N3O2/c1-14-9-7-12(8-10-14)15(2)11-3-5-13(6-4-11)16(17)18/h3-6,12H,7-10H2,1-2H3. The van der Waals surface area contributed by atoms with E-state index in [-0.39, 0.29) is 10.6 Å². The number of non-ortho nitro benzene ring substituents is 1. The summed E-state index contributed by atoms with van der Waals surface area (Å²) in [6.45, 7) is 2.23. The molecule has 0 aromatic heterocycles. The Hall–Kier alpha value is -1.62. The minimum atomic E-state index is -0.362. The van der Waals surface area contributed by atoms with Gasteiger partial charge in [0.2, 0.25) is 0 Å². The second-order valence-corrected chi connectivity index (χ2v) is 4.92. The molecule has 1 aliphatic heterocycles. The quantitative estimate of drug-likeness (QED) is 0.608. The minimum Gasteiger partial charge on any atom is -0.372 e. The van der Waals surface area contributed by atoms with Crippen LogP contribution in [0.4, 0.5) is 11.4 Å². The van der Waals surface area contributed by atoms with Gasteiger partial charge in [-0.25, -0.2) is 0 Å². The molecule has 0 bridgehead atoms. The fraction of sp³-hybridized carbons (Fsp3) is 0.538. The van der Waals surface area contributed by atoms with E-state index in [0.29, 0.717) is 6.04 Å². The largest absolute Gasteiger partial charge is 0.372 e. The molecule has 0 amide bonds. The summed E-state index contributed by atoms with van der Waals surface area (Å²) in [5.41, 5.74) is 1.20. The molecule has 0 unspecified atom stereocenters. The molecule has 5 nitrogen and oxygen atoms in total. The van der Waals surface area contributed by atoms with Crippen LogP contribution in [0.1, 0.15) is 12.8 Å². The highest BCUT2D eigenvalue weighted by molar-refractivity contribution is 5.51. The fourth-order valence-corrected chi connectivity index (χ4v) is 2.40. The van der Waals surface area contributed by atoms with Crippen LogP contribution in [0.2, 0.25) is 0 Å². The van der Waals surface area contributed by atoms with E-state index in [1.54, 1.807) is 12.1 Å². The lowest BCUT2D eigenvalue weighted by Gasteiger charge is -2.36. The maximum atomic E-state index is 10.6. The van der Waals surface area contributed by atoms with Crippen molar-refractivity contribution in [3.8, 4) is 0 Å². The highest BCUT2D eigenvalue weighted by Crippen LogP contribution is 2.23. The lowest BCUT2D eigenvalue weighted by atomic mass is 10.0. The number of likely N-dealkylation sites (tertiary alicyclic amines) is 1. The third-order valence-corrected chi connectivity index (χ3v) is 3.70. The van der Waals surface area contributed by atoms with Gasteiger partial charge in [0.25, 0.3) is 5.69 Å². The second-order valence-electron chi connectivity index (χ2n) is 4.92. The highest BCUT2D eigenvalue weighted by atomic mass is 16.6. The first-order valence-electron chi connectivity index (χ1n) is 6.24. The van der Waals surface area contributed by atoms with E-state index in [1.165, 1.54) is 0 Å². The predicted octanol–water partition coefficient (Wildman–Crippen LogP) is 2.13. The topological polar surface area (TPSA) is 49.6 Å². The van der Waals surface area contributed by atoms with Crippen LogP contribution in [0.5, 0.6) is 0 Å². The van der Waals surface area contributed by atoms with Gasteiger partial charge in [-0.05, 0) is 45.1 Å². The van der Waals surface area contributed by atoms with Gasteiger partial charge in [-0.2, -0.15) is 0 Å². The smallest absolute Gasteiger partial charge is 0.269 e. The molecular weight excluding hydrogens is 230 g/mol. The van der Waals surface area contributed by atoms with Gasteiger partial charge < -0.3 is 9.80 Å². The van der Waals surface area contributed by atoms with Gasteiger partial charge in [0, 0.05) is 30.9 Å². The first kappa shape index (κ1) is 12.8. The van der Waals surface area contributed by atoms with E-state index < -0.39 is 0 Å². The summed E-state index contributed by atoms with van der Waals surface area (Å²) in [6, 6.07) is 7.33. The number of rotatable bonds is 3. The van der Waals surface area contributed by atoms with Gasteiger partial charge in [0.05, 0.1) is 4.92 Å². The summed E-state index contributed by atoms with van der Waals surface area (Å²) in [5, 5.41) is 10.6. The van der Waals surface area contributed by atoms with E-state index in [0.717, 1.165) is 31.6 Å². The summed E-state index contributed by atoms with van der Waals surface area (Å²) in [6.07, 6.45) is 2.29. The number of nitro groups is 1. The molecule has 1 heterocycles. The summed E-state index contributed by atoms with van der Waals surface area (Å²) < 4.78 is 0. The zero-order chi connectivity index (χ0) is 13.1. The van der Waals surface area contributed by atoms with Crippen LogP contribution in [0.25, 0.3) is 0 Å². The van der Waals surface area contributed by atoms with Crippen LogP contribution in [0, 0.1) is 10.1 Å². The van der Waals surface area contributed by atoms with Gasteiger partial charge in [-0.1, -0.05) is 0 Å². The lowest BCUT2D eigenvalue weighted by Crippen LogP contribution is -2.41. The van der Waals surface area contributed by atoms with Crippen molar-refractivity contribution in [2.24, 2.45) is 0 Å². The van der Waals surface area contributed by atoms with E-state index in [2.05, 4.69) is 23.9 Å². The van der Waals surface area contributed by atoms with Gasteiger partial charge in [-0.3, -0.25) is 10.1 Å². The van der Waals surface area contributed by atoms with Crippen LogP contribution in [-0.4, -0.2) is 43.0 Å². The SMILES string of the molecule is CN1CCC(N(C)c2ccc([N+](=O)[O-])cc2)CC1. The third-order valence-electron chi connectivity index (χ3n) is 3.70. The highest BCUT2D eigenvalue weighted by Gasteiger charge is 2.21. The Kier molecular flexibility index (Phi) is 3.81. The number of piperidine rings is 1. The molecule has 1 fully saturated rings. The Labute approximate surface area is 107 Å². The molecule has 0 aliphatic carbocycles. The maximum Gasteiger partial charge on any atom is 0.269 e.